The van der Waals surface area contributed by atoms with E-state index in [9.17, 15) is 23.1 Å². The van der Waals surface area contributed by atoms with Gasteiger partial charge in [-0.15, -0.1) is 0 Å². The van der Waals surface area contributed by atoms with E-state index in [-0.39, 0.29) is 0 Å². The van der Waals surface area contributed by atoms with Gasteiger partial charge in [-0.05, 0) is 19.1 Å². The van der Waals surface area contributed by atoms with Gasteiger partial charge in [0.05, 0.1) is 12.7 Å². The number of esters is 1. The fourth-order valence-corrected chi connectivity index (χ4v) is 1.32. The molecule has 0 radical (unpaired) electrons. The van der Waals surface area contributed by atoms with Crippen molar-refractivity contribution in [2.45, 2.75) is 18.7 Å². The highest BCUT2D eigenvalue weighted by atomic mass is 19.4. The van der Waals surface area contributed by atoms with E-state index in [1.165, 1.54) is 12.1 Å². The summed E-state index contributed by atoms with van der Waals surface area (Å²) in [6, 6.07) is 4.53. The second-order valence-electron chi connectivity index (χ2n) is 4.05. The third-order valence-corrected chi connectivity index (χ3v) is 2.33. The SMILES string of the molecule is COC(=O)C(C)(O)COc1ccccc1C(F)(F)F. The minimum atomic E-state index is -4.58. The van der Waals surface area contributed by atoms with Crippen molar-refractivity contribution in [3.8, 4) is 5.75 Å². The molecule has 0 aliphatic rings. The highest BCUT2D eigenvalue weighted by Crippen LogP contribution is 2.36. The number of hydrogen-bond donors (Lipinski definition) is 1. The smallest absolute Gasteiger partial charge is 0.419 e. The molecule has 0 fully saturated rings. The Morgan fingerprint density at radius 2 is 1.89 bits per heavy atom. The molecule has 0 aliphatic carbocycles. The average molecular weight is 278 g/mol. The van der Waals surface area contributed by atoms with Crippen LogP contribution in [0.25, 0.3) is 0 Å². The Morgan fingerprint density at radius 1 is 1.32 bits per heavy atom. The van der Waals surface area contributed by atoms with Gasteiger partial charge in [0.2, 0.25) is 0 Å². The van der Waals surface area contributed by atoms with E-state index in [1.807, 2.05) is 0 Å². The molecule has 4 nitrogen and oxygen atoms in total. The Bertz CT molecular complexity index is 455. The van der Waals surface area contributed by atoms with Crippen molar-refractivity contribution in [2.24, 2.45) is 0 Å². The quantitative estimate of drug-likeness (QED) is 0.856. The van der Waals surface area contributed by atoms with Crippen LogP contribution >= 0.6 is 0 Å². The van der Waals surface area contributed by atoms with Gasteiger partial charge in [-0.25, -0.2) is 4.79 Å². The Kier molecular flexibility index (Phi) is 4.41. The summed E-state index contributed by atoms with van der Waals surface area (Å²) in [5.41, 5.74) is -3.00. The first-order valence-electron chi connectivity index (χ1n) is 5.28. The summed E-state index contributed by atoms with van der Waals surface area (Å²) in [7, 11) is 1.06. The third-order valence-electron chi connectivity index (χ3n) is 2.33. The normalized spacial score (nSPS) is 14.6. The second-order valence-corrected chi connectivity index (χ2v) is 4.05. The zero-order valence-electron chi connectivity index (χ0n) is 10.3. The number of para-hydroxylation sites is 1. The topological polar surface area (TPSA) is 55.8 Å². The van der Waals surface area contributed by atoms with E-state index in [1.54, 1.807) is 0 Å². The van der Waals surface area contributed by atoms with Gasteiger partial charge in [0.25, 0.3) is 0 Å². The molecule has 0 aliphatic heterocycles. The molecule has 0 aromatic heterocycles. The van der Waals surface area contributed by atoms with Gasteiger partial charge >= 0.3 is 12.1 Å². The minimum absolute atomic E-state index is 0.459. The number of carbonyl (C=O) groups excluding carboxylic acids is 1. The lowest BCUT2D eigenvalue weighted by molar-refractivity contribution is -0.163. The summed E-state index contributed by atoms with van der Waals surface area (Å²) in [4.78, 5) is 11.2. The third kappa shape index (κ3) is 3.85. The van der Waals surface area contributed by atoms with Gasteiger partial charge in [0, 0.05) is 0 Å². The van der Waals surface area contributed by atoms with E-state index < -0.39 is 35.7 Å². The Hall–Kier alpha value is -1.76. The van der Waals surface area contributed by atoms with Crippen LogP contribution in [0.5, 0.6) is 5.75 Å². The van der Waals surface area contributed by atoms with Gasteiger partial charge in [0.15, 0.2) is 5.60 Å². The van der Waals surface area contributed by atoms with Gasteiger partial charge in [-0.1, -0.05) is 12.1 Å². The molecule has 19 heavy (non-hydrogen) atoms. The molecule has 1 unspecified atom stereocenters. The van der Waals surface area contributed by atoms with Gasteiger partial charge in [-0.3, -0.25) is 0 Å². The molecular formula is C12H13F3O4. The predicted molar refractivity (Wildman–Crippen MR) is 59.6 cm³/mol. The van der Waals surface area contributed by atoms with E-state index in [0.29, 0.717) is 0 Å². The summed E-state index contributed by atoms with van der Waals surface area (Å²) in [6.07, 6.45) is -4.58. The van der Waals surface area contributed by atoms with E-state index >= 15 is 0 Å². The number of halogens is 3. The molecule has 1 atom stereocenters. The van der Waals surface area contributed by atoms with E-state index in [0.717, 1.165) is 26.2 Å². The Balaban J connectivity index is 2.87. The number of alkyl halides is 3. The zero-order valence-corrected chi connectivity index (χ0v) is 10.3. The maximum Gasteiger partial charge on any atom is 0.419 e. The lowest BCUT2D eigenvalue weighted by Crippen LogP contribution is -2.42. The maximum atomic E-state index is 12.7. The summed E-state index contributed by atoms with van der Waals surface area (Å²) in [6.45, 7) is 0.446. The molecule has 0 bridgehead atoms. The lowest BCUT2D eigenvalue weighted by Gasteiger charge is -2.21. The zero-order chi connectivity index (χ0) is 14.7. The fourth-order valence-electron chi connectivity index (χ4n) is 1.32. The standard InChI is InChI=1S/C12H13F3O4/c1-11(17,10(16)18-2)7-19-9-6-4-3-5-8(9)12(13,14)15/h3-6,17H,7H2,1-2H3. The van der Waals surface area contributed by atoms with Crippen LogP contribution in [-0.2, 0) is 15.7 Å². The van der Waals surface area contributed by atoms with Crippen LogP contribution in [0.15, 0.2) is 24.3 Å². The largest absolute Gasteiger partial charge is 0.489 e. The number of ether oxygens (including phenoxy) is 2. The number of rotatable bonds is 4. The molecule has 1 aromatic rings. The highest BCUT2D eigenvalue weighted by molar-refractivity contribution is 5.78. The first-order chi connectivity index (χ1) is 8.68. The molecule has 1 N–H and O–H groups in total. The second kappa shape index (κ2) is 5.48. The van der Waals surface area contributed by atoms with Crippen LogP contribution in [0.4, 0.5) is 13.2 Å². The minimum Gasteiger partial charge on any atom is -0.489 e. The average Bonchev–Trinajstić information content (AvgIpc) is 2.34. The predicted octanol–water partition coefficient (Wildman–Crippen LogP) is 2.01. The number of hydrogen-bond acceptors (Lipinski definition) is 4. The van der Waals surface area contributed by atoms with Gasteiger partial charge in [0.1, 0.15) is 12.4 Å². The van der Waals surface area contributed by atoms with Crippen molar-refractivity contribution in [2.75, 3.05) is 13.7 Å². The highest BCUT2D eigenvalue weighted by Gasteiger charge is 2.36. The van der Waals surface area contributed by atoms with E-state index in [4.69, 9.17) is 4.74 Å². The maximum absolute atomic E-state index is 12.7. The van der Waals surface area contributed by atoms with Crippen LogP contribution < -0.4 is 4.74 Å². The number of methoxy groups -OCH3 is 1. The van der Waals surface area contributed by atoms with Crippen molar-refractivity contribution in [3.63, 3.8) is 0 Å². The van der Waals surface area contributed by atoms with Gasteiger partial charge in [-0.2, -0.15) is 13.2 Å². The van der Waals surface area contributed by atoms with Crippen molar-refractivity contribution in [3.05, 3.63) is 29.8 Å². The molecule has 1 aromatic carbocycles. The molecule has 0 amide bonds. The van der Waals surface area contributed by atoms with Crippen LogP contribution in [0.2, 0.25) is 0 Å². The molecule has 0 spiro atoms. The molecule has 106 valence electrons. The molecule has 0 saturated carbocycles. The summed E-state index contributed by atoms with van der Waals surface area (Å²) < 4.78 is 47.2. The van der Waals surface area contributed by atoms with Crippen LogP contribution in [0.3, 0.4) is 0 Å². The van der Waals surface area contributed by atoms with Gasteiger partial charge < -0.3 is 14.6 Å². The first kappa shape index (κ1) is 15.3. The van der Waals surface area contributed by atoms with E-state index in [2.05, 4.69) is 4.74 Å². The van der Waals surface area contributed by atoms with Crippen LogP contribution in [-0.4, -0.2) is 30.4 Å². The number of aliphatic hydroxyl groups is 1. The summed E-state index contributed by atoms with van der Waals surface area (Å²) >= 11 is 0. The monoisotopic (exact) mass is 278 g/mol. The number of carbonyl (C=O) groups is 1. The first-order valence-corrected chi connectivity index (χ1v) is 5.28. The van der Waals surface area contributed by atoms with Crippen molar-refractivity contribution in [1.29, 1.82) is 0 Å². The number of benzene rings is 1. The van der Waals surface area contributed by atoms with Crippen molar-refractivity contribution < 1.29 is 32.5 Å². The van der Waals surface area contributed by atoms with Crippen LogP contribution in [0, 0.1) is 0 Å². The summed E-state index contributed by atoms with van der Waals surface area (Å²) in [5, 5.41) is 9.66. The molecule has 7 heteroatoms. The molecule has 1 rings (SSSR count). The fraction of sp³-hybridized carbons (Fsp3) is 0.417. The molecule has 0 heterocycles. The lowest BCUT2D eigenvalue weighted by atomic mass is 10.1. The van der Waals surface area contributed by atoms with Crippen molar-refractivity contribution >= 4 is 5.97 Å². The van der Waals surface area contributed by atoms with Crippen LogP contribution in [0.1, 0.15) is 12.5 Å². The molecule has 0 saturated heterocycles. The Morgan fingerprint density at radius 3 is 2.42 bits per heavy atom. The van der Waals surface area contributed by atoms with Crippen molar-refractivity contribution in [1.82, 2.24) is 0 Å². The summed E-state index contributed by atoms with van der Waals surface area (Å²) in [5.74, 6) is -1.45. The molecular weight excluding hydrogens is 265 g/mol. The Labute approximate surface area is 107 Å².